The van der Waals surface area contributed by atoms with E-state index in [1.54, 1.807) is 7.11 Å². The van der Waals surface area contributed by atoms with Crippen molar-refractivity contribution in [2.45, 2.75) is 32.6 Å². The molecule has 0 aliphatic heterocycles. The Morgan fingerprint density at radius 3 is 2.52 bits per heavy atom. The fraction of sp³-hybridized carbons (Fsp3) is 0.400. The van der Waals surface area contributed by atoms with Crippen LogP contribution >= 0.6 is 0 Å². The maximum Gasteiger partial charge on any atom is 0.161 e. The largest absolute Gasteiger partial charge is 0.493 e. The molecule has 3 nitrogen and oxygen atoms in total. The zero-order valence-corrected chi connectivity index (χ0v) is 14.3. The summed E-state index contributed by atoms with van der Waals surface area (Å²) >= 11 is 0. The van der Waals surface area contributed by atoms with Crippen LogP contribution in [0.2, 0.25) is 0 Å². The molecule has 0 saturated heterocycles. The van der Waals surface area contributed by atoms with Crippen LogP contribution in [0.4, 0.5) is 0 Å². The lowest BCUT2D eigenvalue weighted by Gasteiger charge is -2.18. The molecule has 124 valence electrons. The molecule has 0 radical (unpaired) electrons. The maximum atomic E-state index is 5.97. The number of hydrogen-bond donors (Lipinski definition) is 1. The average molecular weight is 313 g/mol. The van der Waals surface area contributed by atoms with Gasteiger partial charge in [0.1, 0.15) is 0 Å². The molecule has 0 heterocycles. The van der Waals surface area contributed by atoms with Crippen LogP contribution in [0.25, 0.3) is 0 Å². The molecule has 23 heavy (non-hydrogen) atoms. The lowest BCUT2D eigenvalue weighted by molar-refractivity contribution is 0.282. The molecule has 0 aromatic heterocycles. The molecular weight excluding hydrogens is 286 g/mol. The van der Waals surface area contributed by atoms with Crippen molar-refractivity contribution in [3.8, 4) is 11.5 Å². The highest BCUT2D eigenvalue weighted by Crippen LogP contribution is 2.28. The Labute approximate surface area is 139 Å². The van der Waals surface area contributed by atoms with E-state index in [1.807, 2.05) is 25.1 Å². The van der Waals surface area contributed by atoms with Gasteiger partial charge in [-0.3, -0.25) is 0 Å². The summed E-state index contributed by atoms with van der Waals surface area (Å²) in [6.07, 6.45) is 1.99. The lowest BCUT2D eigenvalue weighted by atomic mass is 9.91. The van der Waals surface area contributed by atoms with E-state index in [2.05, 4.69) is 31.2 Å². The smallest absolute Gasteiger partial charge is 0.161 e. The van der Waals surface area contributed by atoms with Gasteiger partial charge in [-0.15, -0.1) is 0 Å². The van der Waals surface area contributed by atoms with Gasteiger partial charge in [0.2, 0.25) is 0 Å². The van der Waals surface area contributed by atoms with Gasteiger partial charge in [-0.1, -0.05) is 30.3 Å². The fourth-order valence-electron chi connectivity index (χ4n) is 2.85. The SMILES string of the molecule is COc1cc(C)ccc1OCCCC(CN)c1ccccc1C. The number of rotatable bonds is 8. The van der Waals surface area contributed by atoms with Crippen LogP contribution in [0.3, 0.4) is 0 Å². The fourth-order valence-corrected chi connectivity index (χ4v) is 2.85. The highest BCUT2D eigenvalue weighted by molar-refractivity contribution is 5.42. The normalized spacial score (nSPS) is 12.0. The third-order valence-electron chi connectivity index (χ3n) is 4.19. The van der Waals surface area contributed by atoms with Crippen LogP contribution in [0.1, 0.15) is 35.4 Å². The van der Waals surface area contributed by atoms with E-state index in [9.17, 15) is 0 Å². The Bertz CT molecular complexity index is 625. The van der Waals surface area contributed by atoms with E-state index in [1.165, 1.54) is 11.1 Å². The monoisotopic (exact) mass is 313 g/mol. The lowest BCUT2D eigenvalue weighted by Crippen LogP contribution is -2.14. The molecule has 0 bridgehead atoms. The zero-order valence-electron chi connectivity index (χ0n) is 14.3. The topological polar surface area (TPSA) is 44.5 Å². The molecule has 2 N–H and O–H groups in total. The van der Waals surface area contributed by atoms with Crippen LogP contribution in [-0.2, 0) is 0 Å². The van der Waals surface area contributed by atoms with E-state index < -0.39 is 0 Å². The number of methoxy groups -OCH3 is 1. The third kappa shape index (κ3) is 4.73. The minimum Gasteiger partial charge on any atom is -0.493 e. The molecule has 2 rings (SSSR count). The Balaban J connectivity index is 1.88. The quantitative estimate of drug-likeness (QED) is 0.742. The Morgan fingerprint density at radius 1 is 1.04 bits per heavy atom. The molecular formula is C20H27NO2. The Hall–Kier alpha value is -2.00. The van der Waals surface area contributed by atoms with Gasteiger partial charge < -0.3 is 15.2 Å². The predicted octanol–water partition coefficient (Wildman–Crippen LogP) is 4.21. The van der Waals surface area contributed by atoms with Crippen LogP contribution in [0.15, 0.2) is 42.5 Å². The second-order valence-electron chi connectivity index (χ2n) is 5.93. The third-order valence-corrected chi connectivity index (χ3v) is 4.19. The van der Waals surface area contributed by atoms with Crippen LogP contribution in [-0.4, -0.2) is 20.3 Å². The van der Waals surface area contributed by atoms with E-state index in [0.29, 0.717) is 19.1 Å². The van der Waals surface area contributed by atoms with Gasteiger partial charge in [-0.2, -0.15) is 0 Å². The van der Waals surface area contributed by atoms with Gasteiger partial charge >= 0.3 is 0 Å². The number of aryl methyl sites for hydroxylation is 2. The molecule has 0 aliphatic carbocycles. The molecule has 1 atom stereocenters. The van der Waals surface area contributed by atoms with Gasteiger partial charge in [-0.25, -0.2) is 0 Å². The van der Waals surface area contributed by atoms with Crippen LogP contribution in [0, 0.1) is 13.8 Å². The highest BCUT2D eigenvalue weighted by atomic mass is 16.5. The molecule has 0 saturated carbocycles. The molecule has 2 aromatic carbocycles. The molecule has 3 heteroatoms. The van der Waals surface area contributed by atoms with Crippen molar-refractivity contribution >= 4 is 0 Å². The number of ether oxygens (including phenoxy) is 2. The molecule has 0 fully saturated rings. The molecule has 2 aromatic rings. The first-order valence-corrected chi connectivity index (χ1v) is 8.18. The summed E-state index contributed by atoms with van der Waals surface area (Å²) in [5.41, 5.74) is 9.79. The first-order chi connectivity index (χ1) is 11.2. The highest BCUT2D eigenvalue weighted by Gasteiger charge is 2.12. The average Bonchev–Trinajstić information content (AvgIpc) is 2.57. The van der Waals surface area contributed by atoms with Gasteiger partial charge in [0.05, 0.1) is 13.7 Å². The second-order valence-corrected chi connectivity index (χ2v) is 5.93. The summed E-state index contributed by atoms with van der Waals surface area (Å²) in [4.78, 5) is 0. The van der Waals surface area contributed by atoms with Gasteiger partial charge in [0.15, 0.2) is 11.5 Å². The Morgan fingerprint density at radius 2 is 1.83 bits per heavy atom. The second kappa shape index (κ2) is 8.59. The summed E-state index contributed by atoms with van der Waals surface area (Å²) in [5, 5.41) is 0. The van der Waals surface area contributed by atoms with Crippen molar-refractivity contribution in [2.24, 2.45) is 5.73 Å². The van der Waals surface area contributed by atoms with Gasteiger partial charge in [-0.05, 0) is 68.0 Å². The zero-order chi connectivity index (χ0) is 16.7. The van der Waals surface area contributed by atoms with Crippen molar-refractivity contribution in [3.63, 3.8) is 0 Å². The van der Waals surface area contributed by atoms with Gasteiger partial charge in [0, 0.05) is 0 Å². The summed E-state index contributed by atoms with van der Waals surface area (Å²) in [6.45, 7) is 5.52. The first kappa shape index (κ1) is 17.4. The van der Waals surface area contributed by atoms with Crippen molar-refractivity contribution in [3.05, 3.63) is 59.2 Å². The molecule has 0 spiro atoms. The summed E-state index contributed by atoms with van der Waals surface area (Å²) in [5.74, 6) is 1.98. The summed E-state index contributed by atoms with van der Waals surface area (Å²) < 4.78 is 11.2. The molecule has 0 aliphatic rings. The first-order valence-electron chi connectivity index (χ1n) is 8.18. The minimum absolute atomic E-state index is 0.389. The van der Waals surface area contributed by atoms with E-state index in [4.69, 9.17) is 15.2 Å². The summed E-state index contributed by atoms with van der Waals surface area (Å²) in [6, 6.07) is 14.5. The van der Waals surface area contributed by atoms with E-state index in [0.717, 1.165) is 29.9 Å². The van der Waals surface area contributed by atoms with Crippen LogP contribution < -0.4 is 15.2 Å². The number of benzene rings is 2. The molecule has 0 amide bonds. The Kier molecular flexibility index (Phi) is 6.48. The van der Waals surface area contributed by atoms with Crippen molar-refractivity contribution < 1.29 is 9.47 Å². The van der Waals surface area contributed by atoms with Crippen LogP contribution in [0.5, 0.6) is 11.5 Å². The van der Waals surface area contributed by atoms with Crippen molar-refractivity contribution in [2.75, 3.05) is 20.3 Å². The number of hydrogen-bond acceptors (Lipinski definition) is 3. The van der Waals surface area contributed by atoms with Gasteiger partial charge in [0.25, 0.3) is 0 Å². The predicted molar refractivity (Wildman–Crippen MR) is 95.4 cm³/mol. The van der Waals surface area contributed by atoms with E-state index in [-0.39, 0.29) is 0 Å². The molecule has 1 unspecified atom stereocenters. The van der Waals surface area contributed by atoms with Crippen molar-refractivity contribution in [1.82, 2.24) is 0 Å². The minimum atomic E-state index is 0.389. The summed E-state index contributed by atoms with van der Waals surface area (Å²) in [7, 11) is 1.67. The number of nitrogens with two attached hydrogens (primary N) is 1. The van der Waals surface area contributed by atoms with E-state index >= 15 is 0 Å². The maximum absolute atomic E-state index is 5.97. The van der Waals surface area contributed by atoms with Crippen molar-refractivity contribution in [1.29, 1.82) is 0 Å². The standard InChI is InChI=1S/C20H27NO2/c1-15-10-11-19(20(13-15)22-3)23-12-6-8-17(14-21)18-9-5-4-7-16(18)2/h4-5,7,9-11,13,17H,6,8,12,14,21H2,1-3H3.